The van der Waals surface area contributed by atoms with Crippen molar-refractivity contribution in [1.29, 1.82) is 0 Å². The van der Waals surface area contributed by atoms with Gasteiger partial charge in [-0.15, -0.1) is 0 Å². The second-order valence-electron chi connectivity index (χ2n) is 4.80. The monoisotopic (exact) mass is 388 g/mol. The molecule has 1 fully saturated rings. The number of rotatable bonds is 5. The van der Waals surface area contributed by atoms with Crippen LogP contribution < -0.4 is 11.1 Å². The molecule has 20 heavy (non-hydrogen) atoms. The standard InChI is InChI=1S/C14H17IN2O3/c15-10-5-3-9(4-6-10)8-11(13(16)18)17-14(19)12-2-1-7-20-12/h3-6,11-12H,1-2,7-8H2,(H2,16,18)(H,17,19)/t11-,12-/m0/s1. The second kappa shape index (κ2) is 7.03. The Kier molecular flexibility index (Phi) is 5.36. The van der Waals surface area contributed by atoms with E-state index >= 15 is 0 Å². The Morgan fingerprint density at radius 1 is 1.40 bits per heavy atom. The molecule has 2 rings (SSSR count). The molecule has 1 aromatic carbocycles. The molecule has 1 saturated heterocycles. The Morgan fingerprint density at radius 3 is 2.65 bits per heavy atom. The normalized spacial score (nSPS) is 19.6. The summed E-state index contributed by atoms with van der Waals surface area (Å²) in [5, 5.41) is 2.68. The van der Waals surface area contributed by atoms with Gasteiger partial charge in [0.25, 0.3) is 0 Å². The third kappa shape index (κ3) is 4.17. The lowest BCUT2D eigenvalue weighted by atomic mass is 10.1. The van der Waals surface area contributed by atoms with Gasteiger partial charge in [0, 0.05) is 16.6 Å². The van der Waals surface area contributed by atoms with E-state index in [1.54, 1.807) is 0 Å². The minimum atomic E-state index is -0.702. The van der Waals surface area contributed by atoms with Crippen molar-refractivity contribution < 1.29 is 14.3 Å². The first-order valence-electron chi connectivity index (χ1n) is 6.52. The Morgan fingerprint density at radius 2 is 2.10 bits per heavy atom. The minimum Gasteiger partial charge on any atom is -0.368 e. The van der Waals surface area contributed by atoms with E-state index in [0.717, 1.165) is 15.6 Å². The number of hydrogen-bond donors (Lipinski definition) is 2. The van der Waals surface area contributed by atoms with Crippen LogP contribution in [0.1, 0.15) is 18.4 Å². The summed E-state index contributed by atoms with van der Waals surface area (Å²) >= 11 is 2.21. The van der Waals surface area contributed by atoms with Crippen LogP contribution in [-0.2, 0) is 20.7 Å². The van der Waals surface area contributed by atoms with Gasteiger partial charge in [0.2, 0.25) is 11.8 Å². The Hall–Kier alpha value is -1.15. The molecule has 1 aliphatic heterocycles. The van der Waals surface area contributed by atoms with Crippen molar-refractivity contribution in [2.45, 2.75) is 31.4 Å². The number of hydrogen-bond acceptors (Lipinski definition) is 3. The molecular formula is C14H17IN2O3. The number of carbonyl (C=O) groups is 2. The first-order chi connectivity index (χ1) is 9.56. The number of ether oxygens (including phenoxy) is 1. The first kappa shape index (κ1) is 15.2. The molecule has 0 unspecified atom stereocenters. The fourth-order valence-corrected chi connectivity index (χ4v) is 2.49. The lowest BCUT2D eigenvalue weighted by Gasteiger charge is -2.18. The van der Waals surface area contributed by atoms with Crippen LogP contribution in [0.4, 0.5) is 0 Å². The zero-order valence-corrected chi connectivity index (χ0v) is 13.1. The van der Waals surface area contributed by atoms with Gasteiger partial charge < -0.3 is 15.8 Å². The second-order valence-corrected chi connectivity index (χ2v) is 6.04. The maximum Gasteiger partial charge on any atom is 0.249 e. The van der Waals surface area contributed by atoms with E-state index < -0.39 is 18.1 Å². The molecule has 3 N–H and O–H groups in total. The van der Waals surface area contributed by atoms with Gasteiger partial charge in [0.15, 0.2) is 0 Å². The van der Waals surface area contributed by atoms with Gasteiger partial charge in [0.05, 0.1) is 0 Å². The molecule has 0 spiro atoms. The summed E-state index contributed by atoms with van der Waals surface area (Å²) in [6, 6.07) is 7.06. The predicted octanol–water partition coefficient (Wildman–Crippen LogP) is 0.983. The summed E-state index contributed by atoms with van der Waals surface area (Å²) in [6.07, 6.45) is 1.51. The van der Waals surface area contributed by atoms with Crippen LogP contribution in [0.2, 0.25) is 0 Å². The number of halogens is 1. The van der Waals surface area contributed by atoms with E-state index in [0.29, 0.717) is 19.4 Å². The number of nitrogens with two attached hydrogens (primary N) is 1. The summed E-state index contributed by atoms with van der Waals surface area (Å²) in [7, 11) is 0. The average molecular weight is 388 g/mol. The van der Waals surface area contributed by atoms with Crippen molar-refractivity contribution in [1.82, 2.24) is 5.32 Å². The van der Waals surface area contributed by atoms with Crippen LogP contribution in [0, 0.1) is 3.57 Å². The minimum absolute atomic E-state index is 0.253. The Balaban J connectivity index is 1.98. The summed E-state index contributed by atoms with van der Waals surface area (Å²) in [5.74, 6) is -0.785. The highest BCUT2D eigenvalue weighted by molar-refractivity contribution is 14.1. The van der Waals surface area contributed by atoms with Crippen molar-refractivity contribution in [3.05, 3.63) is 33.4 Å². The van der Waals surface area contributed by atoms with Gasteiger partial charge in [-0.25, -0.2) is 0 Å². The van der Waals surface area contributed by atoms with E-state index in [4.69, 9.17) is 10.5 Å². The molecule has 2 atom stereocenters. The molecule has 0 aliphatic carbocycles. The molecule has 1 aromatic rings. The predicted molar refractivity (Wildman–Crippen MR) is 83.0 cm³/mol. The molecule has 5 nitrogen and oxygen atoms in total. The highest BCUT2D eigenvalue weighted by Gasteiger charge is 2.27. The Labute approximate surface area is 131 Å². The van der Waals surface area contributed by atoms with Crippen molar-refractivity contribution in [3.63, 3.8) is 0 Å². The molecule has 6 heteroatoms. The smallest absolute Gasteiger partial charge is 0.249 e. The maximum absolute atomic E-state index is 12.0. The van der Waals surface area contributed by atoms with Gasteiger partial charge >= 0.3 is 0 Å². The Bertz CT molecular complexity index is 484. The van der Waals surface area contributed by atoms with E-state index in [9.17, 15) is 9.59 Å². The van der Waals surface area contributed by atoms with Gasteiger partial charge in [-0.2, -0.15) is 0 Å². The lowest BCUT2D eigenvalue weighted by molar-refractivity contribution is -0.133. The first-order valence-corrected chi connectivity index (χ1v) is 7.60. The SMILES string of the molecule is NC(=O)[C@H](Cc1ccc(I)cc1)NC(=O)[C@@H]1CCCO1. The van der Waals surface area contributed by atoms with Crippen LogP contribution >= 0.6 is 22.6 Å². The highest BCUT2D eigenvalue weighted by atomic mass is 127. The third-order valence-corrected chi connectivity index (χ3v) is 3.95. The molecule has 2 amide bonds. The zero-order chi connectivity index (χ0) is 14.5. The summed E-state index contributed by atoms with van der Waals surface area (Å²) < 4.78 is 6.41. The van der Waals surface area contributed by atoms with Crippen molar-refractivity contribution in [2.24, 2.45) is 5.73 Å². The quantitative estimate of drug-likeness (QED) is 0.739. The number of benzene rings is 1. The number of carbonyl (C=O) groups excluding carboxylic acids is 2. The number of amides is 2. The van der Waals surface area contributed by atoms with Crippen molar-refractivity contribution in [3.8, 4) is 0 Å². The van der Waals surface area contributed by atoms with E-state index in [1.165, 1.54) is 0 Å². The van der Waals surface area contributed by atoms with Gasteiger partial charge in [-0.05, 0) is 53.1 Å². The zero-order valence-electron chi connectivity index (χ0n) is 11.0. The molecular weight excluding hydrogens is 371 g/mol. The van der Waals surface area contributed by atoms with Gasteiger partial charge in [-0.3, -0.25) is 9.59 Å². The number of nitrogens with one attached hydrogen (secondary N) is 1. The third-order valence-electron chi connectivity index (χ3n) is 3.24. The van der Waals surface area contributed by atoms with Crippen LogP contribution in [0.5, 0.6) is 0 Å². The summed E-state index contributed by atoms with van der Waals surface area (Å²) in [5.41, 5.74) is 6.33. The van der Waals surface area contributed by atoms with Gasteiger partial charge in [-0.1, -0.05) is 12.1 Å². The van der Waals surface area contributed by atoms with Crippen molar-refractivity contribution in [2.75, 3.05) is 6.61 Å². The fourth-order valence-electron chi connectivity index (χ4n) is 2.13. The van der Waals surface area contributed by atoms with E-state index in [1.807, 2.05) is 24.3 Å². The van der Waals surface area contributed by atoms with E-state index in [2.05, 4.69) is 27.9 Å². The topological polar surface area (TPSA) is 81.4 Å². The van der Waals surface area contributed by atoms with Crippen LogP contribution in [0.15, 0.2) is 24.3 Å². The molecule has 1 heterocycles. The van der Waals surface area contributed by atoms with Crippen LogP contribution in [0.3, 0.4) is 0 Å². The van der Waals surface area contributed by atoms with Gasteiger partial charge in [0.1, 0.15) is 12.1 Å². The largest absolute Gasteiger partial charge is 0.368 e. The highest BCUT2D eigenvalue weighted by Crippen LogP contribution is 2.13. The summed E-state index contributed by atoms with van der Waals surface area (Å²) in [6.45, 7) is 0.594. The molecule has 0 radical (unpaired) electrons. The van der Waals surface area contributed by atoms with Crippen LogP contribution in [0.25, 0.3) is 0 Å². The average Bonchev–Trinajstić information content (AvgIpc) is 2.94. The van der Waals surface area contributed by atoms with E-state index in [-0.39, 0.29) is 5.91 Å². The maximum atomic E-state index is 12.0. The van der Waals surface area contributed by atoms with Crippen molar-refractivity contribution >= 4 is 34.4 Å². The molecule has 0 bridgehead atoms. The van der Waals surface area contributed by atoms with Crippen LogP contribution in [-0.4, -0.2) is 30.6 Å². The fraction of sp³-hybridized carbons (Fsp3) is 0.429. The lowest BCUT2D eigenvalue weighted by Crippen LogP contribution is -2.49. The molecule has 108 valence electrons. The molecule has 0 aromatic heterocycles. The molecule has 0 saturated carbocycles. The summed E-state index contributed by atoms with van der Waals surface area (Å²) in [4.78, 5) is 23.4. The molecule has 1 aliphatic rings. The number of primary amides is 1.